The first-order chi connectivity index (χ1) is 9.33. The van der Waals surface area contributed by atoms with Crippen LogP contribution in [0.1, 0.15) is 62.0 Å². The van der Waals surface area contributed by atoms with Gasteiger partial charge in [0, 0.05) is 5.56 Å². The van der Waals surface area contributed by atoms with Crippen molar-refractivity contribution in [2.45, 2.75) is 50.9 Å². The molecule has 0 heteroatoms. The maximum Gasteiger partial charge on any atom is 0.0242 e. The van der Waals surface area contributed by atoms with E-state index in [0.717, 1.165) is 17.4 Å². The molecule has 0 unspecified atom stereocenters. The van der Waals surface area contributed by atoms with E-state index in [2.05, 4.69) is 36.8 Å². The van der Waals surface area contributed by atoms with Crippen molar-refractivity contribution in [2.75, 3.05) is 0 Å². The van der Waals surface area contributed by atoms with Crippen LogP contribution in [0.3, 0.4) is 0 Å². The molecule has 1 aliphatic rings. The summed E-state index contributed by atoms with van der Waals surface area (Å²) in [4.78, 5) is 0. The molecule has 0 N–H and O–H groups in total. The van der Waals surface area contributed by atoms with Crippen LogP contribution in [0.25, 0.3) is 0 Å². The summed E-state index contributed by atoms with van der Waals surface area (Å²) in [7, 11) is 0. The normalized spacial score (nSPS) is 22.7. The molecule has 0 heterocycles. The van der Waals surface area contributed by atoms with Gasteiger partial charge in [-0.2, -0.15) is 0 Å². The molecule has 1 aromatic rings. The van der Waals surface area contributed by atoms with Gasteiger partial charge in [-0.05, 0) is 68.1 Å². The molecule has 0 nitrogen and oxygen atoms in total. The summed E-state index contributed by atoms with van der Waals surface area (Å²) >= 11 is 0. The quantitative estimate of drug-likeness (QED) is 0.379. The average Bonchev–Trinajstić information content (AvgIpc) is 2.48. The minimum absolute atomic E-state index is 0.752. The van der Waals surface area contributed by atoms with Crippen LogP contribution in [0.15, 0.2) is 36.9 Å². The van der Waals surface area contributed by atoms with Gasteiger partial charge in [-0.1, -0.05) is 30.6 Å². The summed E-state index contributed by atoms with van der Waals surface area (Å²) in [6, 6.07) is 8.59. The standard InChI is InChI=1S/C19H24/c1-3-5-6-7-17-10-14-19(15-11-17)18-12-8-16(4-2)9-13-18/h2-3,8-9,12-13,17,19H,1,5-7,10-11,14-15H2/t17-,19-. The molecule has 1 aliphatic carbocycles. The lowest BCUT2D eigenvalue weighted by molar-refractivity contribution is 0.305. The monoisotopic (exact) mass is 252 g/mol. The lowest BCUT2D eigenvalue weighted by Gasteiger charge is -2.28. The minimum atomic E-state index is 0.752. The molecule has 0 atom stereocenters. The molecule has 0 amide bonds. The summed E-state index contributed by atoms with van der Waals surface area (Å²) in [6.07, 6.45) is 16.8. The lowest BCUT2D eigenvalue weighted by atomic mass is 9.77. The van der Waals surface area contributed by atoms with Crippen molar-refractivity contribution < 1.29 is 0 Å². The van der Waals surface area contributed by atoms with Crippen molar-refractivity contribution in [3.63, 3.8) is 0 Å². The molecule has 2 rings (SSSR count). The molecule has 0 bridgehead atoms. The maximum absolute atomic E-state index is 5.40. The SMILES string of the molecule is C#Cc1ccc([C@H]2CC[C@H](CCCC=C)CC2)cc1. The Morgan fingerprint density at radius 2 is 1.84 bits per heavy atom. The van der Waals surface area contributed by atoms with Gasteiger partial charge in [-0.15, -0.1) is 13.0 Å². The summed E-state index contributed by atoms with van der Waals surface area (Å²) < 4.78 is 0. The van der Waals surface area contributed by atoms with Crippen LogP contribution in [0, 0.1) is 18.3 Å². The largest absolute Gasteiger partial charge is 0.115 e. The molecule has 100 valence electrons. The zero-order valence-electron chi connectivity index (χ0n) is 11.8. The topological polar surface area (TPSA) is 0 Å². The molecule has 1 fully saturated rings. The first-order valence-corrected chi connectivity index (χ1v) is 7.51. The molecule has 0 aromatic heterocycles. The predicted octanol–water partition coefficient (Wildman–Crippen LogP) is 5.30. The van der Waals surface area contributed by atoms with Crippen LogP contribution < -0.4 is 0 Å². The average molecular weight is 252 g/mol. The highest BCUT2D eigenvalue weighted by molar-refractivity contribution is 5.35. The second-order valence-electron chi connectivity index (χ2n) is 5.70. The molecule has 0 saturated heterocycles. The van der Waals surface area contributed by atoms with Crippen LogP contribution in [0.5, 0.6) is 0 Å². The molecule has 0 radical (unpaired) electrons. The second-order valence-corrected chi connectivity index (χ2v) is 5.70. The third-order valence-electron chi connectivity index (χ3n) is 4.42. The van der Waals surface area contributed by atoms with E-state index >= 15 is 0 Å². The van der Waals surface area contributed by atoms with Gasteiger partial charge in [-0.25, -0.2) is 0 Å². The number of benzene rings is 1. The Kier molecular flexibility index (Phi) is 5.28. The van der Waals surface area contributed by atoms with E-state index in [1.807, 2.05) is 6.08 Å². The fourth-order valence-corrected chi connectivity index (χ4v) is 3.19. The van der Waals surface area contributed by atoms with Crippen molar-refractivity contribution >= 4 is 0 Å². The van der Waals surface area contributed by atoms with Crippen LogP contribution in [0.2, 0.25) is 0 Å². The van der Waals surface area contributed by atoms with E-state index in [-0.39, 0.29) is 0 Å². The number of terminal acetylenes is 1. The minimum Gasteiger partial charge on any atom is -0.115 e. The Labute approximate surface area is 117 Å². The first-order valence-electron chi connectivity index (χ1n) is 7.51. The van der Waals surface area contributed by atoms with Gasteiger partial charge in [-0.3, -0.25) is 0 Å². The Morgan fingerprint density at radius 1 is 1.16 bits per heavy atom. The number of rotatable bonds is 5. The van der Waals surface area contributed by atoms with E-state index in [1.54, 1.807) is 0 Å². The van der Waals surface area contributed by atoms with E-state index in [9.17, 15) is 0 Å². The van der Waals surface area contributed by atoms with Crippen LogP contribution >= 0.6 is 0 Å². The van der Waals surface area contributed by atoms with Crippen LogP contribution in [0.4, 0.5) is 0 Å². The first kappa shape index (κ1) is 13.9. The van der Waals surface area contributed by atoms with Crippen molar-refractivity contribution in [1.29, 1.82) is 0 Å². The number of unbranched alkanes of at least 4 members (excludes halogenated alkanes) is 1. The van der Waals surface area contributed by atoms with Gasteiger partial charge in [0.2, 0.25) is 0 Å². The van der Waals surface area contributed by atoms with Gasteiger partial charge in [0.1, 0.15) is 0 Å². The number of allylic oxidation sites excluding steroid dienone is 1. The fourth-order valence-electron chi connectivity index (χ4n) is 3.19. The molecule has 0 aliphatic heterocycles. The summed E-state index contributed by atoms with van der Waals surface area (Å²) in [5.74, 6) is 4.38. The summed E-state index contributed by atoms with van der Waals surface area (Å²) in [5.41, 5.74) is 2.46. The predicted molar refractivity (Wildman–Crippen MR) is 83.1 cm³/mol. The van der Waals surface area contributed by atoms with Crippen molar-refractivity contribution in [1.82, 2.24) is 0 Å². The van der Waals surface area contributed by atoms with E-state index in [1.165, 1.54) is 50.5 Å². The summed E-state index contributed by atoms with van der Waals surface area (Å²) in [6.45, 7) is 3.80. The Balaban J connectivity index is 1.82. The van der Waals surface area contributed by atoms with Crippen molar-refractivity contribution in [3.05, 3.63) is 48.0 Å². The molecule has 19 heavy (non-hydrogen) atoms. The molecule has 0 spiro atoms. The van der Waals surface area contributed by atoms with E-state index in [4.69, 9.17) is 6.42 Å². The molecule has 1 aromatic carbocycles. The lowest BCUT2D eigenvalue weighted by Crippen LogP contribution is -2.13. The van der Waals surface area contributed by atoms with E-state index < -0.39 is 0 Å². The van der Waals surface area contributed by atoms with Crippen molar-refractivity contribution in [3.8, 4) is 12.3 Å². The molecular weight excluding hydrogens is 228 g/mol. The van der Waals surface area contributed by atoms with Gasteiger partial charge < -0.3 is 0 Å². The number of hydrogen-bond acceptors (Lipinski definition) is 0. The van der Waals surface area contributed by atoms with Gasteiger partial charge >= 0.3 is 0 Å². The highest BCUT2D eigenvalue weighted by Gasteiger charge is 2.21. The Hall–Kier alpha value is -1.48. The highest BCUT2D eigenvalue weighted by Crippen LogP contribution is 2.37. The number of hydrogen-bond donors (Lipinski definition) is 0. The molecule has 1 saturated carbocycles. The zero-order chi connectivity index (χ0) is 13.5. The van der Waals surface area contributed by atoms with Crippen molar-refractivity contribution in [2.24, 2.45) is 5.92 Å². The van der Waals surface area contributed by atoms with Gasteiger partial charge in [0.05, 0.1) is 0 Å². The van der Waals surface area contributed by atoms with Gasteiger partial charge in [0.25, 0.3) is 0 Å². The smallest absolute Gasteiger partial charge is 0.0242 e. The third-order valence-corrected chi connectivity index (χ3v) is 4.42. The second kappa shape index (κ2) is 7.19. The fraction of sp³-hybridized carbons (Fsp3) is 0.474. The van der Waals surface area contributed by atoms with E-state index in [0.29, 0.717) is 0 Å². The van der Waals surface area contributed by atoms with Crippen LogP contribution in [-0.4, -0.2) is 0 Å². The Morgan fingerprint density at radius 3 is 2.42 bits per heavy atom. The summed E-state index contributed by atoms with van der Waals surface area (Å²) in [5, 5.41) is 0. The van der Waals surface area contributed by atoms with Crippen LogP contribution in [-0.2, 0) is 0 Å². The maximum atomic E-state index is 5.40. The highest BCUT2D eigenvalue weighted by atomic mass is 14.3. The van der Waals surface area contributed by atoms with Gasteiger partial charge in [0.15, 0.2) is 0 Å². The zero-order valence-corrected chi connectivity index (χ0v) is 11.8. The Bertz CT molecular complexity index is 424. The molecular formula is C19H24. The third kappa shape index (κ3) is 4.00.